The molecule has 1 heterocycles. The fraction of sp³-hybridized carbons (Fsp3) is 0.182. The van der Waals surface area contributed by atoms with Crippen LogP contribution in [-0.4, -0.2) is 35.6 Å². The molecule has 6 heteroatoms. The maximum absolute atomic E-state index is 5.22. The molecule has 1 aromatic carbocycles. The number of nitrogens with zero attached hydrogens (tertiary/aromatic N) is 3. The number of ether oxygens (including phenoxy) is 2. The van der Waals surface area contributed by atoms with Gasteiger partial charge >= 0.3 is 0 Å². The molecule has 0 radical (unpaired) electrons. The van der Waals surface area contributed by atoms with Gasteiger partial charge in [-0.3, -0.25) is 0 Å². The predicted molar refractivity (Wildman–Crippen MR) is 63.2 cm³/mol. The Morgan fingerprint density at radius 3 is 2.82 bits per heavy atom. The van der Waals surface area contributed by atoms with Crippen molar-refractivity contribution in [3.05, 3.63) is 30.1 Å². The average Bonchev–Trinajstić information content (AvgIpc) is 2.89. The number of benzene rings is 1. The standard InChI is InChI=1S/C11H12N4O2/c1-16-9-3-4-10(17-2)8(5-9)6-12-11-13-7-14-15-11/h3-7H,1-2H3,(H,13,14,15). The third kappa shape index (κ3) is 2.60. The molecular formula is C11H12N4O2. The van der Waals surface area contributed by atoms with Crippen LogP contribution in [0.4, 0.5) is 5.95 Å². The zero-order chi connectivity index (χ0) is 12.1. The molecule has 0 aliphatic rings. The first kappa shape index (κ1) is 11.1. The minimum Gasteiger partial charge on any atom is -0.497 e. The summed E-state index contributed by atoms with van der Waals surface area (Å²) in [6.07, 6.45) is 3.04. The molecule has 0 atom stereocenters. The normalized spacial score (nSPS) is 10.7. The SMILES string of the molecule is COc1ccc(OC)c(C=Nc2ncn[nH]2)c1. The topological polar surface area (TPSA) is 72.4 Å². The lowest BCUT2D eigenvalue weighted by Crippen LogP contribution is -1.92. The number of methoxy groups -OCH3 is 2. The van der Waals surface area contributed by atoms with Gasteiger partial charge in [-0.25, -0.2) is 10.1 Å². The zero-order valence-electron chi connectivity index (χ0n) is 9.54. The van der Waals surface area contributed by atoms with Crippen molar-refractivity contribution < 1.29 is 9.47 Å². The van der Waals surface area contributed by atoms with E-state index >= 15 is 0 Å². The minimum absolute atomic E-state index is 0.440. The first-order valence-electron chi connectivity index (χ1n) is 4.95. The number of aromatic amines is 1. The molecule has 17 heavy (non-hydrogen) atoms. The highest BCUT2D eigenvalue weighted by Gasteiger charge is 2.02. The second-order valence-corrected chi connectivity index (χ2v) is 3.18. The fourth-order valence-electron chi connectivity index (χ4n) is 1.33. The van der Waals surface area contributed by atoms with E-state index in [1.54, 1.807) is 20.4 Å². The van der Waals surface area contributed by atoms with Gasteiger partial charge in [-0.1, -0.05) is 0 Å². The molecule has 2 aromatic rings. The minimum atomic E-state index is 0.440. The number of aliphatic imine (C=N–C) groups is 1. The molecule has 0 aliphatic carbocycles. The van der Waals surface area contributed by atoms with Crippen LogP contribution in [0.25, 0.3) is 0 Å². The van der Waals surface area contributed by atoms with E-state index in [4.69, 9.17) is 9.47 Å². The van der Waals surface area contributed by atoms with Gasteiger partial charge in [0, 0.05) is 11.8 Å². The number of nitrogens with one attached hydrogen (secondary N) is 1. The van der Waals surface area contributed by atoms with Crippen LogP contribution in [0.15, 0.2) is 29.5 Å². The number of hydrogen-bond acceptors (Lipinski definition) is 5. The summed E-state index contributed by atoms with van der Waals surface area (Å²) in [5, 5.41) is 6.35. The van der Waals surface area contributed by atoms with Crippen LogP contribution < -0.4 is 9.47 Å². The summed E-state index contributed by atoms with van der Waals surface area (Å²) in [5.41, 5.74) is 0.809. The largest absolute Gasteiger partial charge is 0.497 e. The summed E-state index contributed by atoms with van der Waals surface area (Å²) in [6.45, 7) is 0. The lowest BCUT2D eigenvalue weighted by Gasteiger charge is -2.06. The van der Waals surface area contributed by atoms with Crippen LogP contribution in [0.3, 0.4) is 0 Å². The lowest BCUT2D eigenvalue weighted by molar-refractivity contribution is 0.402. The van der Waals surface area contributed by atoms with Gasteiger partial charge in [-0.05, 0) is 18.2 Å². The van der Waals surface area contributed by atoms with Gasteiger partial charge in [0.05, 0.1) is 14.2 Å². The smallest absolute Gasteiger partial charge is 0.245 e. The Kier molecular flexibility index (Phi) is 3.34. The highest BCUT2D eigenvalue weighted by atomic mass is 16.5. The van der Waals surface area contributed by atoms with Crippen molar-refractivity contribution in [2.24, 2.45) is 4.99 Å². The van der Waals surface area contributed by atoms with E-state index in [0.717, 1.165) is 11.3 Å². The molecule has 0 unspecified atom stereocenters. The number of rotatable bonds is 4. The van der Waals surface area contributed by atoms with Gasteiger partial charge in [0.1, 0.15) is 17.8 Å². The van der Waals surface area contributed by atoms with Gasteiger partial charge in [0.15, 0.2) is 0 Å². The third-order valence-corrected chi connectivity index (χ3v) is 2.17. The van der Waals surface area contributed by atoms with Gasteiger partial charge < -0.3 is 9.47 Å². The molecule has 6 nitrogen and oxygen atoms in total. The Bertz CT molecular complexity index is 508. The quantitative estimate of drug-likeness (QED) is 0.812. The van der Waals surface area contributed by atoms with Crippen molar-refractivity contribution in [2.75, 3.05) is 14.2 Å². The van der Waals surface area contributed by atoms with Gasteiger partial charge in [-0.15, -0.1) is 0 Å². The molecular weight excluding hydrogens is 220 g/mol. The van der Waals surface area contributed by atoms with Crippen molar-refractivity contribution in [2.45, 2.75) is 0 Å². The molecule has 0 saturated heterocycles. The first-order chi connectivity index (χ1) is 8.33. The molecule has 1 aromatic heterocycles. The van der Waals surface area contributed by atoms with Crippen LogP contribution in [0.1, 0.15) is 5.56 Å². The molecule has 1 N–H and O–H groups in total. The summed E-state index contributed by atoms with van der Waals surface area (Å²) in [7, 11) is 3.22. The van der Waals surface area contributed by atoms with Gasteiger partial charge in [0.25, 0.3) is 0 Å². The Labute approximate surface area is 98.3 Å². The Morgan fingerprint density at radius 2 is 2.18 bits per heavy atom. The highest BCUT2D eigenvalue weighted by Crippen LogP contribution is 2.22. The molecule has 0 fully saturated rings. The fourth-order valence-corrected chi connectivity index (χ4v) is 1.33. The van der Waals surface area contributed by atoms with Crippen LogP contribution >= 0.6 is 0 Å². The summed E-state index contributed by atoms with van der Waals surface area (Å²) in [6, 6.07) is 5.48. The number of aromatic nitrogens is 3. The van der Waals surface area contributed by atoms with Crippen molar-refractivity contribution in [1.29, 1.82) is 0 Å². The van der Waals surface area contributed by atoms with Crippen LogP contribution in [0, 0.1) is 0 Å². The molecule has 2 rings (SSSR count). The zero-order valence-corrected chi connectivity index (χ0v) is 9.54. The predicted octanol–water partition coefficient (Wildman–Crippen LogP) is 1.57. The van der Waals surface area contributed by atoms with E-state index in [2.05, 4.69) is 20.2 Å². The van der Waals surface area contributed by atoms with E-state index in [9.17, 15) is 0 Å². The Morgan fingerprint density at radius 1 is 1.29 bits per heavy atom. The maximum atomic E-state index is 5.22. The van der Waals surface area contributed by atoms with E-state index in [1.165, 1.54) is 6.33 Å². The summed E-state index contributed by atoms with van der Waals surface area (Å²) in [4.78, 5) is 8.02. The molecule has 0 bridgehead atoms. The van der Waals surface area contributed by atoms with Crippen molar-refractivity contribution in [3.8, 4) is 11.5 Å². The summed E-state index contributed by atoms with van der Waals surface area (Å²) in [5.74, 6) is 1.90. The monoisotopic (exact) mass is 232 g/mol. The highest BCUT2D eigenvalue weighted by molar-refractivity contribution is 5.85. The van der Waals surface area contributed by atoms with Crippen LogP contribution in [-0.2, 0) is 0 Å². The van der Waals surface area contributed by atoms with Gasteiger partial charge in [-0.2, -0.15) is 10.1 Å². The summed E-state index contributed by atoms with van der Waals surface area (Å²) < 4.78 is 10.4. The molecule has 0 spiro atoms. The van der Waals surface area contributed by atoms with E-state index in [-0.39, 0.29) is 0 Å². The van der Waals surface area contributed by atoms with Crippen LogP contribution in [0.2, 0.25) is 0 Å². The molecule has 0 aliphatic heterocycles. The van der Waals surface area contributed by atoms with E-state index in [0.29, 0.717) is 11.7 Å². The molecule has 0 saturated carbocycles. The average molecular weight is 232 g/mol. The van der Waals surface area contributed by atoms with E-state index < -0.39 is 0 Å². The lowest BCUT2D eigenvalue weighted by atomic mass is 10.2. The Hall–Kier alpha value is -2.37. The van der Waals surface area contributed by atoms with E-state index in [1.807, 2.05) is 18.2 Å². The molecule has 88 valence electrons. The molecule has 0 amide bonds. The van der Waals surface area contributed by atoms with Crippen molar-refractivity contribution in [1.82, 2.24) is 15.2 Å². The van der Waals surface area contributed by atoms with Crippen molar-refractivity contribution in [3.63, 3.8) is 0 Å². The third-order valence-electron chi connectivity index (χ3n) is 2.17. The van der Waals surface area contributed by atoms with Gasteiger partial charge in [0.2, 0.25) is 5.95 Å². The second kappa shape index (κ2) is 5.11. The number of hydrogen-bond donors (Lipinski definition) is 1. The Balaban J connectivity index is 2.29. The van der Waals surface area contributed by atoms with Crippen LogP contribution in [0.5, 0.6) is 11.5 Å². The van der Waals surface area contributed by atoms with Crippen molar-refractivity contribution >= 4 is 12.2 Å². The first-order valence-corrected chi connectivity index (χ1v) is 4.95. The summed E-state index contributed by atoms with van der Waals surface area (Å²) >= 11 is 0. The second-order valence-electron chi connectivity index (χ2n) is 3.18. The maximum Gasteiger partial charge on any atom is 0.245 e. The number of H-pyrrole nitrogens is 1.